The summed E-state index contributed by atoms with van der Waals surface area (Å²) in [7, 11) is 0. The highest BCUT2D eigenvalue weighted by molar-refractivity contribution is 7.98. The number of aryl methyl sites for hydroxylation is 1. The van der Waals surface area contributed by atoms with Crippen molar-refractivity contribution in [1.29, 1.82) is 0 Å². The normalized spacial score (nSPS) is 11.0. The first-order valence-electron chi connectivity index (χ1n) is 7.73. The molecule has 3 aromatic heterocycles. The molecule has 0 aromatic carbocycles. The summed E-state index contributed by atoms with van der Waals surface area (Å²) in [4.78, 5) is 18.8. The number of thioether (sulfide) groups is 1. The first kappa shape index (κ1) is 16.4. The van der Waals surface area contributed by atoms with Crippen LogP contribution in [0.5, 0.6) is 0 Å². The van der Waals surface area contributed by atoms with E-state index in [2.05, 4.69) is 43.7 Å². The van der Waals surface area contributed by atoms with E-state index in [9.17, 15) is 0 Å². The van der Waals surface area contributed by atoms with E-state index in [0.717, 1.165) is 27.9 Å². The zero-order valence-corrected chi connectivity index (χ0v) is 15.0. The molecule has 6 nitrogen and oxygen atoms in total. The second-order valence-corrected chi connectivity index (χ2v) is 6.51. The summed E-state index contributed by atoms with van der Waals surface area (Å²) < 4.78 is 2.16. The summed E-state index contributed by atoms with van der Waals surface area (Å²) >= 11 is 1.66. The molecule has 7 heteroatoms. The van der Waals surface area contributed by atoms with Gasteiger partial charge in [-0.15, -0.1) is 11.8 Å². The highest BCUT2D eigenvalue weighted by atomic mass is 32.2. The lowest BCUT2D eigenvalue weighted by Crippen LogP contribution is -2.06. The van der Waals surface area contributed by atoms with Crippen LogP contribution in [-0.4, -0.2) is 30.8 Å². The molecule has 1 N–H and O–H groups in total. The number of nitrogens with zero attached hydrogens (tertiary/aromatic N) is 5. The fourth-order valence-corrected chi connectivity index (χ4v) is 2.91. The van der Waals surface area contributed by atoms with E-state index in [1.54, 1.807) is 18.0 Å². The summed E-state index contributed by atoms with van der Waals surface area (Å²) in [6.45, 7) is 6.27. The Morgan fingerprint density at radius 3 is 2.58 bits per heavy atom. The molecule has 0 saturated carbocycles. The van der Waals surface area contributed by atoms with E-state index in [1.807, 2.05) is 43.8 Å². The minimum absolute atomic E-state index is 0.314. The molecular weight excluding hydrogens is 320 g/mol. The van der Waals surface area contributed by atoms with Crippen LogP contribution in [0.15, 0.2) is 41.7 Å². The third-order valence-electron chi connectivity index (χ3n) is 3.63. The van der Waals surface area contributed by atoms with Crippen molar-refractivity contribution in [2.24, 2.45) is 0 Å². The molecule has 24 heavy (non-hydrogen) atoms. The van der Waals surface area contributed by atoms with E-state index >= 15 is 0 Å². The van der Waals surface area contributed by atoms with Crippen molar-refractivity contribution in [3.8, 4) is 11.4 Å². The molecule has 0 aliphatic heterocycles. The molecule has 3 rings (SSSR count). The van der Waals surface area contributed by atoms with Crippen LogP contribution in [0.2, 0.25) is 0 Å². The molecule has 0 unspecified atom stereocenters. The maximum atomic E-state index is 4.61. The van der Waals surface area contributed by atoms with Gasteiger partial charge in [-0.2, -0.15) is 0 Å². The van der Waals surface area contributed by atoms with Crippen LogP contribution in [0.1, 0.15) is 25.7 Å². The quantitative estimate of drug-likeness (QED) is 0.706. The smallest absolute Gasteiger partial charge is 0.228 e. The van der Waals surface area contributed by atoms with E-state index in [0.29, 0.717) is 12.0 Å². The molecule has 0 spiro atoms. The van der Waals surface area contributed by atoms with Crippen molar-refractivity contribution in [2.75, 3.05) is 11.6 Å². The van der Waals surface area contributed by atoms with E-state index in [-0.39, 0.29) is 0 Å². The van der Waals surface area contributed by atoms with Crippen molar-refractivity contribution in [3.05, 3.63) is 42.6 Å². The number of imidazole rings is 1. The molecule has 0 radical (unpaired) electrons. The van der Waals surface area contributed by atoms with Gasteiger partial charge in [-0.25, -0.2) is 19.9 Å². The van der Waals surface area contributed by atoms with Gasteiger partial charge in [-0.1, -0.05) is 0 Å². The lowest BCUT2D eigenvalue weighted by molar-refractivity contribution is 0.587. The SMILES string of the molecule is CSc1ccc(Nc2nccc(-c3cnc(C)n3C(C)C)n2)nc1. The van der Waals surface area contributed by atoms with Gasteiger partial charge in [0, 0.05) is 23.3 Å². The molecule has 0 amide bonds. The molecule has 0 aliphatic carbocycles. The Hall–Kier alpha value is -2.41. The monoisotopic (exact) mass is 340 g/mol. The summed E-state index contributed by atoms with van der Waals surface area (Å²) in [6.07, 6.45) is 7.45. The number of aromatic nitrogens is 5. The van der Waals surface area contributed by atoms with Gasteiger partial charge in [0.2, 0.25) is 5.95 Å². The zero-order chi connectivity index (χ0) is 17.1. The Morgan fingerprint density at radius 2 is 1.92 bits per heavy atom. The maximum absolute atomic E-state index is 4.61. The average molecular weight is 340 g/mol. The summed E-state index contributed by atoms with van der Waals surface area (Å²) in [5.74, 6) is 2.21. The predicted molar refractivity (Wildman–Crippen MR) is 97.7 cm³/mol. The van der Waals surface area contributed by atoms with Gasteiger partial charge in [-0.05, 0) is 45.2 Å². The van der Waals surface area contributed by atoms with Crippen LogP contribution in [-0.2, 0) is 0 Å². The van der Waals surface area contributed by atoms with Gasteiger partial charge in [0.15, 0.2) is 0 Å². The van der Waals surface area contributed by atoms with Crippen molar-refractivity contribution in [1.82, 2.24) is 24.5 Å². The number of rotatable bonds is 5. The molecule has 0 atom stereocenters. The third-order valence-corrected chi connectivity index (χ3v) is 4.34. The molecule has 124 valence electrons. The summed E-state index contributed by atoms with van der Waals surface area (Å²) in [5.41, 5.74) is 1.82. The van der Waals surface area contributed by atoms with Crippen LogP contribution in [0.25, 0.3) is 11.4 Å². The van der Waals surface area contributed by atoms with Crippen LogP contribution in [0.4, 0.5) is 11.8 Å². The molecule has 0 saturated heterocycles. The lowest BCUT2D eigenvalue weighted by atomic mass is 10.2. The average Bonchev–Trinajstić information content (AvgIpc) is 2.98. The van der Waals surface area contributed by atoms with Gasteiger partial charge >= 0.3 is 0 Å². The largest absolute Gasteiger partial charge is 0.324 e. The van der Waals surface area contributed by atoms with Gasteiger partial charge in [0.1, 0.15) is 11.6 Å². The van der Waals surface area contributed by atoms with Crippen molar-refractivity contribution >= 4 is 23.5 Å². The lowest BCUT2D eigenvalue weighted by Gasteiger charge is -2.14. The second kappa shape index (κ2) is 7.00. The van der Waals surface area contributed by atoms with E-state index < -0.39 is 0 Å². The second-order valence-electron chi connectivity index (χ2n) is 5.63. The first-order chi connectivity index (χ1) is 11.6. The molecule has 3 heterocycles. The number of anilines is 2. The van der Waals surface area contributed by atoms with Crippen LogP contribution in [0.3, 0.4) is 0 Å². The summed E-state index contributed by atoms with van der Waals surface area (Å²) in [6, 6.07) is 6.14. The Labute approximate surface area is 145 Å². The highest BCUT2D eigenvalue weighted by Gasteiger charge is 2.13. The Kier molecular flexibility index (Phi) is 4.80. The third kappa shape index (κ3) is 3.41. The highest BCUT2D eigenvalue weighted by Crippen LogP contribution is 2.24. The molecule has 0 aliphatic rings. The number of hydrogen-bond donors (Lipinski definition) is 1. The minimum atomic E-state index is 0.314. The first-order valence-corrected chi connectivity index (χ1v) is 8.95. The standard InChI is InChI=1S/C17H20N6S/c1-11(2)23-12(3)19-10-15(23)14-7-8-18-17(21-14)22-16-6-5-13(24-4)9-20-16/h5-11H,1-4H3,(H,18,20,21,22). The molecular formula is C17H20N6S. The predicted octanol–water partition coefficient (Wildman–Crippen LogP) is 4.09. The number of hydrogen-bond acceptors (Lipinski definition) is 6. The Bertz CT molecular complexity index is 825. The molecule has 0 fully saturated rings. The Morgan fingerprint density at radius 1 is 1.08 bits per heavy atom. The van der Waals surface area contributed by atoms with Gasteiger partial charge in [-0.3, -0.25) is 0 Å². The van der Waals surface area contributed by atoms with Gasteiger partial charge < -0.3 is 9.88 Å². The van der Waals surface area contributed by atoms with Crippen LogP contribution >= 0.6 is 11.8 Å². The van der Waals surface area contributed by atoms with Crippen molar-refractivity contribution in [3.63, 3.8) is 0 Å². The zero-order valence-electron chi connectivity index (χ0n) is 14.2. The van der Waals surface area contributed by atoms with Gasteiger partial charge in [0.05, 0.1) is 17.6 Å². The van der Waals surface area contributed by atoms with Crippen molar-refractivity contribution in [2.45, 2.75) is 31.7 Å². The van der Waals surface area contributed by atoms with E-state index in [4.69, 9.17) is 0 Å². The van der Waals surface area contributed by atoms with Crippen molar-refractivity contribution < 1.29 is 0 Å². The summed E-state index contributed by atoms with van der Waals surface area (Å²) in [5, 5.41) is 3.15. The Balaban J connectivity index is 1.89. The number of nitrogens with one attached hydrogen (secondary N) is 1. The number of pyridine rings is 1. The van der Waals surface area contributed by atoms with E-state index in [1.165, 1.54) is 0 Å². The van der Waals surface area contributed by atoms with Gasteiger partial charge in [0.25, 0.3) is 0 Å². The molecule has 3 aromatic rings. The topological polar surface area (TPSA) is 68.5 Å². The fourth-order valence-electron chi connectivity index (χ4n) is 2.55. The molecule has 0 bridgehead atoms. The van der Waals surface area contributed by atoms with Crippen LogP contribution < -0.4 is 5.32 Å². The fraction of sp³-hybridized carbons (Fsp3) is 0.294. The maximum Gasteiger partial charge on any atom is 0.228 e. The minimum Gasteiger partial charge on any atom is -0.324 e. The van der Waals surface area contributed by atoms with Crippen LogP contribution in [0, 0.1) is 6.92 Å².